The topological polar surface area (TPSA) is 98.4 Å². The fourth-order valence-electron chi connectivity index (χ4n) is 2.51. The summed E-state index contributed by atoms with van der Waals surface area (Å²) in [5.74, 6) is 1.52. The van der Waals surface area contributed by atoms with Crippen molar-refractivity contribution in [2.45, 2.75) is 26.3 Å². The summed E-state index contributed by atoms with van der Waals surface area (Å²) in [4.78, 5) is 24.0. The van der Waals surface area contributed by atoms with Crippen molar-refractivity contribution >= 4 is 17.3 Å². The first-order chi connectivity index (χ1) is 12.8. The van der Waals surface area contributed by atoms with E-state index in [9.17, 15) is 4.79 Å². The van der Waals surface area contributed by atoms with Crippen LogP contribution in [-0.2, 0) is 0 Å². The quantitative estimate of drug-likeness (QED) is 0.729. The zero-order chi connectivity index (χ0) is 19.6. The number of H-pyrrole nitrogens is 1. The van der Waals surface area contributed by atoms with E-state index in [1.54, 1.807) is 32.7 Å². The van der Waals surface area contributed by atoms with E-state index in [1.165, 1.54) is 0 Å². The van der Waals surface area contributed by atoms with Crippen molar-refractivity contribution < 1.29 is 19.0 Å². The van der Waals surface area contributed by atoms with Crippen LogP contribution in [0.1, 0.15) is 20.8 Å². The molecule has 0 fully saturated rings. The Balaban J connectivity index is 1.94. The Labute approximate surface area is 156 Å². The van der Waals surface area contributed by atoms with Crippen LogP contribution in [-0.4, -0.2) is 40.8 Å². The van der Waals surface area contributed by atoms with E-state index in [2.05, 4.69) is 20.3 Å². The van der Waals surface area contributed by atoms with Crippen LogP contribution in [0.5, 0.6) is 17.2 Å². The summed E-state index contributed by atoms with van der Waals surface area (Å²) in [6, 6.07) is 5.47. The number of hydrogen-bond donors (Lipinski definition) is 2. The minimum Gasteiger partial charge on any atom is -0.493 e. The van der Waals surface area contributed by atoms with Gasteiger partial charge in [-0.3, -0.25) is 0 Å². The molecule has 0 atom stereocenters. The van der Waals surface area contributed by atoms with Crippen molar-refractivity contribution in [1.82, 2.24) is 20.3 Å². The lowest BCUT2D eigenvalue weighted by atomic mass is 10.1. The van der Waals surface area contributed by atoms with Gasteiger partial charge in [0.25, 0.3) is 0 Å². The summed E-state index contributed by atoms with van der Waals surface area (Å²) in [5.41, 5.74) is 2.00. The first-order valence-corrected chi connectivity index (χ1v) is 8.37. The predicted octanol–water partition coefficient (Wildman–Crippen LogP) is 3.53. The van der Waals surface area contributed by atoms with E-state index >= 15 is 0 Å². The molecule has 0 spiro atoms. The van der Waals surface area contributed by atoms with Crippen LogP contribution in [0.15, 0.2) is 30.6 Å². The highest BCUT2D eigenvalue weighted by atomic mass is 16.6. The third-order valence-corrected chi connectivity index (χ3v) is 3.70. The Hall–Kier alpha value is -3.29. The standard InChI is InChI=1S/C19H22N4O4/c1-19(2,3)23-18(24)27-15-10-21-17-16(15)22-12(9-20-17)11-6-7-13(25-4)14(8-11)26-5/h6-10H,1-5H3,(H,20,21)(H,23,24). The third-order valence-electron chi connectivity index (χ3n) is 3.70. The zero-order valence-corrected chi connectivity index (χ0v) is 15.9. The number of nitrogens with one attached hydrogen (secondary N) is 2. The minimum absolute atomic E-state index is 0.307. The van der Waals surface area contributed by atoms with Gasteiger partial charge in [0.05, 0.1) is 26.1 Å². The maximum atomic E-state index is 12.1. The summed E-state index contributed by atoms with van der Waals surface area (Å²) in [6.07, 6.45) is 2.64. The highest BCUT2D eigenvalue weighted by molar-refractivity contribution is 5.84. The van der Waals surface area contributed by atoms with Gasteiger partial charge in [0.2, 0.25) is 0 Å². The number of amides is 1. The number of rotatable bonds is 4. The van der Waals surface area contributed by atoms with Gasteiger partial charge < -0.3 is 24.5 Å². The van der Waals surface area contributed by atoms with Crippen molar-refractivity contribution in [2.24, 2.45) is 0 Å². The molecule has 2 N–H and O–H groups in total. The summed E-state index contributed by atoms with van der Waals surface area (Å²) < 4.78 is 16.0. The molecule has 27 heavy (non-hydrogen) atoms. The van der Waals surface area contributed by atoms with Gasteiger partial charge in [-0.15, -0.1) is 0 Å². The molecule has 0 aliphatic heterocycles. The largest absolute Gasteiger partial charge is 0.493 e. The van der Waals surface area contributed by atoms with Crippen LogP contribution in [0, 0.1) is 0 Å². The maximum absolute atomic E-state index is 12.1. The molecule has 0 aliphatic carbocycles. The van der Waals surface area contributed by atoms with Gasteiger partial charge in [-0.05, 0) is 39.0 Å². The fourth-order valence-corrected chi connectivity index (χ4v) is 2.51. The summed E-state index contributed by atoms with van der Waals surface area (Å²) in [7, 11) is 3.15. The Morgan fingerprint density at radius 1 is 1.11 bits per heavy atom. The number of ether oxygens (including phenoxy) is 3. The van der Waals surface area contributed by atoms with Crippen LogP contribution in [0.3, 0.4) is 0 Å². The summed E-state index contributed by atoms with van der Waals surface area (Å²) >= 11 is 0. The highest BCUT2D eigenvalue weighted by Crippen LogP contribution is 2.32. The Morgan fingerprint density at radius 3 is 2.52 bits per heavy atom. The highest BCUT2D eigenvalue weighted by Gasteiger charge is 2.18. The second kappa shape index (κ2) is 7.14. The van der Waals surface area contributed by atoms with Crippen LogP contribution in [0.2, 0.25) is 0 Å². The summed E-state index contributed by atoms with van der Waals surface area (Å²) in [5, 5.41) is 2.74. The number of aromatic nitrogens is 3. The molecule has 0 bridgehead atoms. The van der Waals surface area contributed by atoms with Crippen LogP contribution < -0.4 is 19.5 Å². The average Bonchev–Trinajstić information content (AvgIpc) is 3.01. The number of carbonyl (C=O) groups is 1. The molecule has 0 radical (unpaired) electrons. The fraction of sp³-hybridized carbons (Fsp3) is 0.316. The van der Waals surface area contributed by atoms with Gasteiger partial charge in [0.1, 0.15) is 0 Å². The molecule has 0 saturated heterocycles. The Kier molecular flexibility index (Phi) is 4.89. The molecule has 2 aromatic heterocycles. The number of methoxy groups -OCH3 is 2. The van der Waals surface area contributed by atoms with Crippen molar-refractivity contribution in [2.75, 3.05) is 14.2 Å². The first kappa shape index (κ1) is 18.5. The SMILES string of the molecule is COc1ccc(-c2cnc3[nH]cc(OC(=O)NC(C)(C)C)c3n2)cc1OC. The molecule has 2 heterocycles. The number of benzene rings is 1. The summed E-state index contributed by atoms with van der Waals surface area (Å²) in [6.45, 7) is 5.62. The van der Waals surface area contributed by atoms with Crippen LogP contribution in [0.4, 0.5) is 4.79 Å². The lowest BCUT2D eigenvalue weighted by Gasteiger charge is -2.19. The lowest BCUT2D eigenvalue weighted by Crippen LogP contribution is -2.42. The number of fused-ring (bicyclic) bond motifs is 1. The number of hydrogen-bond acceptors (Lipinski definition) is 6. The molecule has 0 saturated carbocycles. The van der Waals surface area contributed by atoms with Crippen molar-refractivity contribution in [3.8, 4) is 28.5 Å². The van der Waals surface area contributed by atoms with E-state index < -0.39 is 11.6 Å². The van der Waals surface area contributed by atoms with E-state index in [4.69, 9.17) is 14.2 Å². The van der Waals surface area contributed by atoms with Crippen molar-refractivity contribution in [1.29, 1.82) is 0 Å². The molecule has 3 aromatic rings. The smallest absolute Gasteiger partial charge is 0.413 e. The molecule has 3 rings (SSSR count). The molecule has 142 valence electrons. The first-order valence-electron chi connectivity index (χ1n) is 8.37. The second-order valence-corrected chi connectivity index (χ2v) is 6.94. The lowest BCUT2D eigenvalue weighted by molar-refractivity contribution is 0.191. The van der Waals surface area contributed by atoms with Gasteiger partial charge in [-0.1, -0.05) is 0 Å². The Bertz CT molecular complexity index is 975. The normalized spacial score (nSPS) is 11.3. The zero-order valence-electron chi connectivity index (χ0n) is 15.9. The predicted molar refractivity (Wildman–Crippen MR) is 101 cm³/mol. The molecule has 8 heteroatoms. The van der Waals surface area contributed by atoms with Crippen molar-refractivity contribution in [3.05, 3.63) is 30.6 Å². The van der Waals surface area contributed by atoms with Gasteiger partial charge >= 0.3 is 6.09 Å². The van der Waals surface area contributed by atoms with Crippen molar-refractivity contribution in [3.63, 3.8) is 0 Å². The van der Waals surface area contributed by atoms with Crippen LogP contribution in [0.25, 0.3) is 22.4 Å². The number of carbonyl (C=O) groups excluding carboxylic acids is 1. The second-order valence-electron chi connectivity index (χ2n) is 6.94. The van der Waals surface area contributed by atoms with Gasteiger partial charge in [-0.2, -0.15) is 0 Å². The molecule has 1 amide bonds. The molecule has 0 unspecified atom stereocenters. The van der Waals surface area contributed by atoms with Gasteiger partial charge in [0, 0.05) is 17.3 Å². The van der Waals surface area contributed by atoms with Gasteiger partial charge in [-0.25, -0.2) is 14.8 Å². The van der Waals surface area contributed by atoms with E-state index in [0.29, 0.717) is 34.1 Å². The number of nitrogens with zero attached hydrogens (tertiary/aromatic N) is 2. The average molecular weight is 370 g/mol. The van der Waals surface area contributed by atoms with E-state index in [0.717, 1.165) is 5.56 Å². The monoisotopic (exact) mass is 370 g/mol. The Morgan fingerprint density at radius 2 is 1.85 bits per heavy atom. The number of aromatic amines is 1. The van der Waals surface area contributed by atoms with E-state index in [-0.39, 0.29) is 0 Å². The molecule has 1 aromatic carbocycles. The maximum Gasteiger partial charge on any atom is 0.413 e. The van der Waals surface area contributed by atoms with Gasteiger partial charge in [0.15, 0.2) is 28.4 Å². The minimum atomic E-state index is -0.554. The molecular formula is C19H22N4O4. The third kappa shape index (κ3) is 4.11. The van der Waals surface area contributed by atoms with E-state index in [1.807, 2.05) is 32.9 Å². The molecule has 8 nitrogen and oxygen atoms in total. The molecular weight excluding hydrogens is 348 g/mol. The van der Waals surface area contributed by atoms with Crippen LogP contribution >= 0.6 is 0 Å². The molecule has 0 aliphatic rings.